The molecule has 0 spiro atoms. The fraction of sp³-hybridized carbons (Fsp3) is 0.692. The van der Waals surface area contributed by atoms with Gasteiger partial charge in [0.05, 0.1) is 0 Å². The third-order valence-corrected chi connectivity index (χ3v) is 2.05. The third kappa shape index (κ3) is 9.69. The number of alkyl carbamates (subject to hydrolysis) is 1. The Balaban J connectivity index is 3.84. The molecule has 0 fully saturated rings. The Bertz CT molecular complexity index is 306. The number of ether oxygens (including phenoxy) is 1. The molecule has 0 bridgehead atoms. The average molecular weight is 256 g/mol. The lowest BCUT2D eigenvalue weighted by atomic mass is 10.2. The van der Waals surface area contributed by atoms with Gasteiger partial charge in [-0.25, -0.2) is 4.79 Å². The molecule has 0 aliphatic rings. The van der Waals surface area contributed by atoms with E-state index in [4.69, 9.17) is 4.74 Å². The molecule has 0 aliphatic heterocycles. The molecule has 1 atom stereocenters. The molecule has 0 saturated carbocycles. The van der Waals surface area contributed by atoms with Gasteiger partial charge < -0.3 is 15.4 Å². The lowest BCUT2D eigenvalue weighted by molar-refractivity contribution is -0.116. The number of amides is 2. The van der Waals surface area contributed by atoms with Crippen LogP contribution in [0.15, 0.2) is 12.2 Å². The molecular weight excluding hydrogens is 232 g/mol. The first-order valence-electron chi connectivity index (χ1n) is 6.12. The Kier molecular flexibility index (Phi) is 7.08. The van der Waals surface area contributed by atoms with Crippen LogP contribution in [0.4, 0.5) is 4.79 Å². The molecule has 0 unspecified atom stereocenters. The fourth-order valence-corrected chi connectivity index (χ4v) is 1.20. The second kappa shape index (κ2) is 7.74. The van der Waals surface area contributed by atoms with Crippen molar-refractivity contribution >= 4 is 12.0 Å². The molecule has 104 valence electrons. The van der Waals surface area contributed by atoms with Crippen molar-refractivity contribution in [2.24, 2.45) is 0 Å². The summed E-state index contributed by atoms with van der Waals surface area (Å²) < 4.78 is 5.14. The fourth-order valence-electron chi connectivity index (χ4n) is 1.20. The number of carbonyl (C=O) groups is 2. The van der Waals surface area contributed by atoms with Crippen LogP contribution in [0.5, 0.6) is 0 Å². The lowest BCUT2D eigenvalue weighted by Gasteiger charge is -2.21. The molecule has 0 saturated heterocycles. The number of nitrogens with one attached hydrogen (secondary N) is 2. The van der Waals surface area contributed by atoms with Crippen LogP contribution >= 0.6 is 0 Å². The summed E-state index contributed by atoms with van der Waals surface area (Å²) in [5.41, 5.74) is -0.483. The van der Waals surface area contributed by atoms with Gasteiger partial charge in [-0.2, -0.15) is 0 Å². The van der Waals surface area contributed by atoms with Gasteiger partial charge in [0, 0.05) is 13.1 Å². The largest absolute Gasteiger partial charge is 0.444 e. The number of carbonyl (C=O) groups excluding carboxylic acids is 2. The van der Waals surface area contributed by atoms with E-state index in [-0.39, 0.29) is 11.9 Å². The third-order valence-electron chi connectivity index (χ3n) is 2.05. The molecule has 0 rings (SSSR count). The summed E-state index contributed by atoms with van der Waals surface area (Å²) in [5.74, 6) is -0.122. The van der Waals surface area contributed by atoms with Gasteiger partial charge in [-0.3, -0.25) is 4.79 Å². The van der Waals surface area contributed by atoms with Crippen LogP contribution in [0.1, 0.15) is 40.5 Å². The van der Waals surface area contributed by atoms with Gasteiger partial charge >= 0.3 is 6.09 Å². The average Bonchev–Trinajstić information content (AvgIpc) is 2.21. The van der Waals surface area contributed by atoms with E-state index in [0.29, 0.717) is 0 Å². The predicted octanol–water partition coefficient (Wildman–Crippen LogP) is 1.98. The topological polar surface area (TPSA) is 67.4 Å². The van der Waals surface area contributed by atoms with Crippen molar-refractivity contribution in [3.05, 3.63) is 12.2 Å². The first-order chi connectivity index (χ1) is 8.24. The van der Waals surface area contributed by atoms with E-state index in [1.807, 2.05) is 27.7 Å². The van der Waals surface area contributed by atoms with Crippen molar-refractivity contribution in [2.75, 3.05) is 7.05 Å². The quantitative estimate of drug-likeness (QED) is 0.739. The van der Waals surface area contributed by atoms with E-state index in [9.17, 15) is 9.59 Å². The summed E-state index contributed by atoms with van der Waals surface area (Å²) in [6.45, 7) is 7.37. The Labute approximate surface area is 109 Å². The van der Waals surface area contributed by atoms with Crippen LogP contribution < -0.4 is 10.6 Å². The summed E-state index contributed by atoms with van der Waals surface area (Å²) in [5, 5.41) is 5.24. The molecule has 0 heterocycles. The molecule has 0 aromatic heterocycles. The first kappa shape index (κ1) is 16.5. The van der Waals surface area contributed by atoms with Crippen molar-refractivity contribution in [3.63, 3.8) is 0 Å². The van der Waals surface area contributed by atoms with Crippen LogP contribution in [0.25, 0.3) is 0 Å². The molecular formula is C13H24N2O3. The van der Waals surface area contributed by atoms with Crippen molar-refractivity contribution in [1.29, 1.82) is 0 Å². The molecule has 0 radical (unpaired) electrons. The van der Waals surface area contributed by atoms with Crippen LogP contribution in [-0.4, -0.2) is 30.7 Å². The zero-order valence-electron chi connectivity index (χ0n) is 11.9. The standard InChI is InChI=1S/C13H24N2O3/c1-10(8-6-7-9-11(16)14-5)15-12(17)18-13(2,3)4/h7,9-10H,6,8H2,1-5H3,(H,14,16)(H,15,17)/b9-7+/t10-/m1/s1. The number of rotatable bonds is 5. The van der Waals surface area contributed by atoms with Crippen molar-refractivity contribution in [2.45, 2.75) is 52.2 Å². The smallest absolute Gasteiger partial charge is 0.407 e. The predicted molar refractivity (Wildman–Crippen MR) is 71.3 cm³/mol. The SMILES string of the molecule is CNC(=O)/C=C/CC[C@@H](C)NC(=O)OC(C)(C)C. The van der Waals surface area contributed by atoms with E-state index in [1.54, 1.807) is 13.1 Å². The Morgan fingerprint density at radius 2 is 1.94 bits per heavy atom. The van der Waals surface area contributed by atoms with Gasteiger partial charge in [0.15, 0.2) is 0 Å². The maximum absolute atomic E-state index is 11.4. The molecule has 2 N–H and O–H groups in total. The van der Waals surface area contributed by atoms with Crippen LogP contribution in [0.2, 0.25) is 0 Å². The molecule has 5 heteroatoms. The normalized spacial score (nSPS) is 13.2. The molecule has 5 nitrogen and oxygen atoms in total. The summed E-state index contributed by atoms with van der Waals surface area (Å²) >= 11 is 0. The summed E-state index contributed by atoms with van der Waals surface area (Å²) in [7, 11) is 1.58. The first-order valence-corrected chi connectivity index (χ1v) is 6.12. The highest BCUT2D eigenvalue weighted by Crippen LogP contribution is 2.07. The lowest BCUT2D eigenvalue weighted by Crippen LogP contribution is -2.37. The zero-order chi connectivity index (χ0) is 14.2. The van der Waals surface area contributed by atoms with Gasteiger partial charge in [0.25, 0.3) is 0 Å². The number of allylic oxidation sites excluding steroid dienone is 1. The number of hydrogen-bond acceptors (Lipinski definition) is 3. The Morgan fingerprint density at radius 3 is 2.44 bits per heavy atom. The molecule has 18 heavy (non-hydrogen) atoms. The Morgan fingerprint density at radius 1 is 1.33 bits per heavy atom. The van der Waals surface area contributed by atoms with Crippen molar-refractivity contribution in [1.82, 2.24) is 10.6 Å². The van der Waals surface area contributed by atoms with Crippen molar-refractivity contribution < 1.29 is 14.3 Å². The van der Waals surface area contributed by atoms with Gasteiger partial charge in [0.2, 0.25) is 5.91 Å². The van der Waals surface area contributed by atoms with Crippen LogP contribution in [0, 0.1) is 0 Å². The highest BCUT2D eigenvalue weighted by atomic mass is 16.6. The number of likely N-dealkylation sites (N-methyl/N-ethyl adjacent to an activating group) is 1. The summed E-state index contributed by atoms with van der Waals surface area (Å²) in [6.07, 6.45) is 4.34. The van der Waals surface area contributed by atoms with E-state index in [2.05, 4.69) is 10.6 Å². The molecule has 0 aliphatic carbocycles. The van der Waals surface area contributed by atoms with Crippen molar-refractivity contribution in [3.8, 4) is 0 Å². The molecule has 0 aromatic carbocycles. The maximum Gasteiger partial charge on any atom is 0.407 e. The van der Waals surface area contributed by atoms with Gasteiger partial charge in [-0.05, 0) is 46.6 Å². The monoisotopic (exact) mass is 256 g/mol. The maximum atomic E-state index is 11.4. The molecule has 2 amide bonds. The highest BCUT2D eigenvalue weighted by Gasteiger charge is 2.17. The van der Waals surface area contributed by atoms with E-state index in [1.165, 1.54) is 6.08 Å². The highest BCUT2D eigenvalue weighted by molar-refractivity contribution is 5.87. The minimum absolute atomic E-state index is 0.00851. The minimum Gasteiger partial charge on any atom is -0.444 e. The van der Waals surface area contributed by atoms with E-state index in [0.717, 1.165) is 12.8 Å². The zero-order valence-corrected chi connectivity index (χ0v) is 11.9. The van der Waals surface area contributed by atoms with Gasteiger partial charge in [-0.1, -0.05) is 6.08 Å². The van der Waals surface area contributed by atoms with E-state index < -0.39 is 11.7 Å². The van der Waals surface area contributed by atoms with Gasteiger partial charge in [0.1, 0.15) is 5.60 Å². The number of hydrogen-bond donors (Lipinski definition) is 2. The second-order valence-electron chi connectivity index (χ2n) is 5.14. The Hall–Kier alpha value is -1.52. The van der Waals surface area contributed by atoms with Crippen LogP contribution in [0.3, 0.4) is 0 Å². The van der Waals surface area contributed by atoms with Gasteiger partial charge in [-0.15, -0.1) is 0 Å². The second-order valence-corrected chi connectivity index (χ2v) is 5.14. The van der Waals surface area contributed by atoms with Crippen LogP contribution in [-0.2, 0) is 9.53 Å². The minimum atomic E-state index is -0.483. The molecule has 0 aromatic rings. The summed E-state index contributed by atoms with van der Waals surface area (Å²) in [6, 6.07) is 0.00851. The summed E-state index contributed by atoms with van der Waals surface area (Å²) in [4.78, 5) is 22.3. The van der Waals surface area contributed by atoms with E-state index >= 15 is 0 Å².